The van der Waals surface area contributed by atoms with E-state index in [1.807, 2.05) is 43.9 Å². The van der Waals surface area contributed by atoms with Crippen molar-refractivity contribution < 1.29 is 13.9 Å². The summed E-state index contributed by atoms with van der Waals surface area (Å²) < 4.78 is 11.7. The molecule has 0 aromatic carbocycles. The van der Waals surface area contributed by atoms with Crippen LogP contribution in [0.2, 0.25) is 0 Å². The second-order valence-corrected chi connectivity index (χ2v) is 7.61. The number of carbonyl (C=O) groups excluding carboxylic acids is 1. The van der Waals surface area contributed by atoms with Crippen molar-refractivity contribution in [2.75, 3.05) is 0 Å². The molecule has 2 fully saturated rings. The highest BCUT2D eigenvalue weighted by Gasteiger charge is 2.57. The summed E-state index contributed by atoms with van der Waals surface area (Å²) in [5.74, 6) is 0.844. The number of fused-ring (bicyclic) bond motifs is 3. The molecule has 2 aliphatic heterocycles. The monoisotopic (exact) mass is 314 g/mol. The third-order valence-electron chi connectivity index (χ3n) is 4.94. The van der Waals surface area contributed by atoms with Crippen LogP contribution in [-0.4, -0.2) is 27.6 Å². The van der Waals surface area contributed by atoms with Crippen LogP contribution in [-0.2, 0) is 10.3 Å². The van der Waals surface area contributed by atoms with E-state index in [-0.39, 0.29) is 17.7 Å². The molecule has 1 amide bonds. The predicted octanol–water partition coefficient (Wildman–Crippen LogP) is 4.22. The summed E-state index contributed by atoms with van der Waals surface area (Å²) in [5.41, 5.74) is 0.761. The smallest absolute Gasteiger partial charge is 0.411 e. The van der Waals surface area contributed by atoms with Gasteiger partial charge in [0.1, 0.15) is 22.4 Å². The van der Waals surface area contributed by atoms with Crippen molar-refractivity contribution in [3.05, 3.63) is 30.2 Å². The number of furan rings is 1. The summed E-state index contributed by atoms with van der Waals surface area (Å²) in [6, 6.07) is 6.03. The minimum Gasteiger partial charge on any atom is -0.457 e. The molecule has 2 aromatic rings. The molecule has 0 radical (unpaired) electrons. The highest BCUT2D eigenvalue weighted by atomic mass is 16.6. The number of aromatic nitrogens is 1. The van der Waals surface area contributed by atoms with Crippen LogP contribution in [0, 0.1) is 0 Å². The Morgan fingerprint density at radius 3 is 2.78 bits per heavy atom. The fourth-order valence-electron chi connectivity index (χ4n) is 4.03. The average molecular weight is 314 g/mol. The SMILES string of the molecule is CC(C)(C)OC(=O)N1C2CCC1(c1cc3ncccc3o1)CC2. The highest BCUT2D eigenvalue weighted by molar-refractivity contribution is 5.75. The number of pyridine rings is 1. The van der Waals surface area contributed by atoms with Crippen molar-refractivity contribution in [2.24, 2.45) is 0 Å². The van der Waals surface area contributed by atoms with Gasteiger partial charge in [0.2, 0.25) is 0 Å². The average Bonchev–Trinajstić information content (AvgIpc) is 3.16. The highest BCUT2D eigenvalue weighted by Crippen LogP contribution is 2.54. The van der Waals surface area contributed by atoms with E-state index in [0.29, 0.717) is 0 Å². The zero-order valence-corrected chi connectivity index (χ0v) is 13.8. The van der Waals surface area contributed by atoms with Gasteiger partial charge in [-0.1, -0.05) is 0 Å². The summed E-state index contributed by atoms with van der Waals surface area (Å²) in [7, 11) is 0. The number of carbonyl (C=O) groups is 1. The lowest BCUT2D eigenvalue weighted by Crippen LogP contribution is -2.45. The van der Waals surface area contributed by atoms with Gasteiger partial charge in [-0.25, -0.2) is 4.79 Å². The Morgan fingerprint density at radius 2 is 2.13 bits per heavy atom. The summed E-state index contributed by atoms with van der Waals surface area (Å²) >= 11 is 0. The van der Waals surface area contributed by atoms with Crippen LogP contribution in [0.4, 0.5) is 4.79 Å². The number of rotatable bonds is 1. The third-order valence-corrected chi connectivity index (χ3v) is 4.94. The molecule has 2 saturated heterocycles. The van der Waals surface area contributed by atoms with Crippen LogP contribution in [0.5, 0.6) is 0 Å². The molecule has 4 heterocycles. The van der Waals surface area contributed by atoms with Crippen molar-refractivity contribution in [1.82, 2.24) is 9.88 Å². The van der Waals surface area contributed by atoms with E-state index in [4.69, 9.17) is 9.15 Å². The standard InChI is InChI=1S/C18H22N2O3/c1-17(2,3)23-16(21)20-12-6-8-18(20,9-7-12)15-11-13-14(22-15)5-4-10-19-13/h4-5,10-12H,6-9H2,1-3H3. The van der Waals surface area contributed by atoms with Crippen LogP contribution in [0.15, 0.2) is 28.8 Å². The normalized spacial score (nSPS) is 26.9. The van der Waals surface area contributed by atoms with Crippen LogP contribution < -0.4 is 0 Å². The van der Waals surface area contributed by atoms with Gasteiger partial charge in [-0.05, 0) is 58.6 Å². The van der Waals surface area contributed by atoms with Gasteiger partial charge < -0.3 is 9.15 Å². The number of nitrogens with zero attached hydrogens (tertiary/aromatic N) is 2. The van der Waals surface area contributed by atoms with Crippen molar-refractivity contribution in [3.63, 3.8) is 0 Å². The lowest BCUT2D eigenvalue weighted by atomic mass is 9.86. The second kappa shape index (κ2) is 4.73. The Morgan fingerprint density at radius 1 is 1.39 bits per heavy atom. The van der Waals surface area contributed by atoms with Crippen molar-refractivity contribution >= 4 is 17.2 Å². The largest absolute Gasteiger partial charge is 0.457 e. The molecule has 0 atom stereocenters. The zero-order chi connectivity index (χ0) is 16.2. The molecular formula is C18H22N2O3. The Bertz CT molecular complexity index is 718. The first kappa shape index (κ1) is 14.5. The molecule has 2 aliphatic rings. The molecule has 0 spiro atoms. The maximum absolute atomic E-state index is 12.8. The number of amides is 1. The molecule has 122 valence electrons. The molecule has 4 rings (SSSR count). The van der Waals surface area contributed by atoms with E-state index in [1.54, 1.807) is 6.20 Å². The van der Waals surface area contributed by atoms with Crippen LogP contribution in [0.25, 0.3) is 11.1 Å². The van der Waals surface area contributed by atoms with Gasteiger partial charge in [-0.2, -0.15) is 0 Å². The van der Waals surface area contributed by atoms with Crippen LogP contribution in [0.1, 0.15) is 52.2 Å². The fourth-order valence-corrected chi connectivity index (χ4v) is 4.03. The summed E-state index contributed by atoms with van der Waals surface area (Å²) in [6.07, 6.45) is 5.39. The van der Waals surface area contributed by atoms with E-state index in [0.717, 1.165) is 42.5 Å². The van der Waals surface area contributed by atoms with Crippen LogP contribution in [0.3, 0.4) is 0 Å². The van der Waals surface area contributed by atoms with E-state index < -0.39 is 5.60 Å². The van der Waals surface area contributed by atoms with Crippen molar-refractivity contribution in [2.45, 2.75) is 63.6 Å². The number of hydrogen-bond acceptors (Lipinski definition) is 4. The second-order valence-electron chi connectivity index (χ2n) is 7.61. The molecule has 2 bridgehead atoms. The maximum atomic E-state index is 12.8. The van der Waals surface area contributed by atoms with E-state index in [2.05, 4.69) is 4.98 Å². The fraction of sp³-hybridized carbons (Fsp3) is 0.556. The summed E-state index contributed by atoms with van der Waals surface area (Å²) in [5, 5.41) is 0. The van der Waals surface area contributed by atoms with Gasteiger partial charge in [-0.3, -0.25) is 9.88 Å². The van der Waals surface area contributed by atoms with E-state index in [9.17, 15) is 4.79 Å². The molecule has 5 heteroatoms. The molecular weight excluding hydrogens is 292 g/mol. The number of ether oxygens (including phenoxy) is 1. The molecule has 0 N–H and O–H groups in total. The Labute approximate surface area is 135 Å². The van der Waals surface area contributed by atoms with Gasteiger partial charge in [0.15, 0.2) is 5.58 Å². The maximum Gasteiger partial charge on any atom is 0.411 e. The first-order chi connectivity index (χ1) is 10.9. The molecule has 0 aliphatic carbocycles. The van der Waals surface area contributed by atoms with Crippen molar-refractivity contribution in [1.29, 1.82) is 0 Å². The molecule has 5 nitrogen and oxygen atoms in total. The van der Waals surface area contributed by atoms with Crippen LogP contribution >= 0.6 is 0 Å². The zero-order valence-electron chi connectivity index (χ0n) is 13.8. The lowest BCUT2D eigenvalue weighted by molar-refractivity contribution is 0.00559. The Hall–Kier alpha value is -2.04. The number of hydrogen-bond donors (Lipinski definition) is 0. The van der Waals surface area contributed by atoms with Gasteiger partial charge in [0, 0.05) is 18.3 Å². The summed E-state index contributed by atoms with van der Waals surface area (Å²) in [6.45, 7) is 5.71. The minimum absolute atomic E-state index is 0.231. The van der Waals surface area contributed by atoms with Gasteiger partial charge in [-0.15, -0.1) is 0 Å². The molecule has 0 unspecified atom stereocenters. The Kier molecular flexibility index (Phi) is 2.99. The molecule has 0 saturated carbocycles. The first-order valence-corrected chi connectivity index (χ1v) is 8.26. The van der Waals surface area contributed by atoms with Crippen molar-refractivity contribution in [3.8, 4) is 0 Å². The molecule has 2 aromatic heterocycles. The topological polar surface area (TPSA) is 55.6 Å². The lowest BCUT2D eigenvalue weighted by Gasteiger charge is -2.34. The minimum atomic E-state index is -0.490. The third kappa shape index (κ3) is 2.21. The summed E-state index contributed by atoms with van der Waals surface area (Å²) in [4.78, 5) is 19.0. The van der Waals surface area contributed by atoms with Gasteiger partial charge in [0.05, 0.1) is 0 Å². The first-order valence-electron chi connectivity index (χ1n) is 8.26. The quantitative estimate of drug-likeness (QED) is 0.791. The Balaban J connectivity index is 1.74. The van der Waals surface area contributed by atoms with Gasteiger partial charge in [0.25, 0.3) is 0 Å². The van der Waals surface area contributed by atoms with Gasteiger partial charge >= 0.3 is 6.09 Å². The van der Waals surface area contributed by atoms with E-state index in [1.165, 1.54) is 0 Å². The molecule has 23 heavy (non-hydrogen) atoms. The van der Waals surface area contributed by atoms with E-state index >= 15 is 0 Å². The predicted molar refractivity (Wildman–Crippen MR) is 86.0 cm³/mol.